The molecule has 0 aliphatic carbocycles. The lowest BCUT2D eigenvalue weighted by atomic mass is 10.0. The smallest absolute Gasteiger partial charge is 0.254 e. The molecule has 1 aromatic heterocycles. The second-order valence-corrected chi connectivity index (χ2v) is 5.82. The Labute approximate surface area is 139 Å². The van der Waals surface area contributed by atoms with E-state index >= 15 is 0 Å². The molecule has 0 saturated carbocycles. The molecule has 2 heterocycles. The van der Waals surface area contributed by atoms with Gasteiger partial charge in [-0.05, 0) is 29.3 Å². The van der Waals surface area contributed by atoms with E-state index in [0.29, 0.717) is 13.1 Å². The maximum Gasteiger partial charge on any atom is 0.254 e. The van der Waals surface area contributed by atoms with Crippen LogP contribution in [0.1, 0.15) is 21.5 Å². The van der Waals surface area contributed by atoms with Crippen LogP contribution in [0.4, 0.5) is 5.95 Å². The number of fused-ring (bicyclic) bond motifs is 1. The lowest BCUT2D eigenvalue weighted by Crippen LogP contribution is -2.23. The molecule has 3 aromatic rings. The van der Waals surface area contributed by atoms with Crippen molar-refractivity contribution in [2.45, 2.75) is 13.1 Å². The van der Waals surface area contributed by atoms with E-state index in [1.54, 1.807) is 6.20 Å². The molecule has 0 atom stereocenters. The molecule has 0 bridgehead atoms. The quantitative estimate of drug-likeness (QED) is 0.806. The third-order valence-corrected chi connectivity index (χ3v) is 4.17. The lowest BCUT2D eigenvalue weighted by molar-refractivity contribution is 0.0766. The van der Waals surface area contributed by atoms with E-state index in [1.165, 1.54) is 0 Å². The number of anilines is 1. The number of carbonyl (C=O) groups excluding carboxylic acids is 1. The van der Waals surface area contributed by atoms with E-state index in [0.717, 1.165) is 27.9 Å². The SMILES string of the molecule is Nc1nccc(-c2ccc3c(c2)CN(Cc2ccccc2)C3=O)n1. The van der Waals surface area contributed by atoms with E-state index in [-0.39, 0.29) is 11.9 Å². The average Bonchev–Trinajstić information content (AvgIpc) is 2.91. The van der Waals surface area contributed by atoms with Crippen LogP contribution in [-0.2, 0) is 13.1 Å². The molecule has 0 fully saturated rings. The van der Waals surface area contributed by atoms with Crippen LogP contribution >= 0.6 is 0 Å². The predicted octanol–water partition coefficient (Wildman–Crippen LogP) is 2.88. The van der Waals surface area contributed by atoms with Crippen LogP contribution in [0, 0.1) is 0 Å². The fraction of sp³-hybridized carbons (Fsp3) is 0.105. The normalized spacial score (nSPS) is 13.2. The zero-order valence-corrected chi connectivity index (χ0v) is 13.0. The Balaban J connectivity index is 1.62. The maximum absolute atomic E-state index is 12.6. The molecule has 0 radical (unpaired) electrons. The van der Waals surface area contributed by atoms with Gasteiger partial charge in [-0.15, -0.1) is 0 Å². The number of rotatable bonds is 3. The highest BCUT2D eigenvalue weighted by Crippen LogP contribution is 2.28. The summed E-state index contributed by atoms with van der Waals surface area (Å²) in [6, 6.07) is 17.6. The van der Waals surface area contributed by atoms with Crippen LogP contribution < -0.4 is 5.73 Å². The fourth-order valence-electron chi connectivity index (χ4n) is 3.01. The summed E-state index contributed by atoms with van der Waals surface area (Å²) < 4.78 is 0. The van der Waals surface area contributed by atoms with Gasteiger partial charge in [0.2, 0.25) is 5.95 Å². The van der Waals surface area contributed by atoms with Gasteiger partial charge in [-0.3, -0.25) is 4.79 Å². The van der Waals surface area contributed by atoms with Crippen molar-refractivity contribution in [3.63, 3.8) is 0 Å². The standard InChI is InChI=1S/C19H16N4O/c20-19-21-9-8-17(22-19)14-6-7-16-15(10-14)12-23(18(16)24)11-13-4-2-1-3-5-13/h1-10H,11-12H2,(H2,20,21,22). The highest BCUT2D eigenvalue weighted by atomic mass is 16.2. The molecule has 24 heavy (non-hydrogen) atoms. The van der Waals surface area contributed by atoms with Crippen LogP contribution in [-0.4, -0.2) is 20.8 Å². The molecule has 0 unspecified atom stereocenters. The summed E-state index contributed by atoms with van der Waals surface area (Å²) in [6.07, 6.45) is 1.64. The molecular weight excluding hydrogens is 300 g/mol. The van der Waals surface area contributed by atoms with Gasteiger partial charge in [-0.1, -0.05) is 36.4 Å². The summed E-state index contributed by atoms with van der Waals surface area (Å²) in [6.45, 7) is 1.22. The van der Waals surface area contributed by atoms with Gasteiger partial charge in [-0.25, -0.2) is 9.97 Å². The van der Waals surface area contributed by atoms with Crippen molar-refractivity contribution in [3.8, 4) is 11.3 Å². The van der Waals surface area contributed by atoms with Gasteiger partial charge in [0.05, 0.1) is 5.69 Å². The molecule has 2 N–H and O–H groups in total. The molecule has 0 saturated heterocycles. The number of hydrogen-bond acceptors (Lipinski definition) is 4. The van der Waals surface area contributed by atoms with Crippen LogP contribution in [0.15, 0.2) is 60.8 Å². The molecule has 1 amide bonds. The number of nitrogen functional groups attached to an aromatic ring is 1. The molecule has 5 heteroatoms. The van der Waals surface area contributed by atoms with Crippen LogP contribution in [0.2, 0.25) is 0 Å². The number of carbonyl (C=O) groups is 1. The largest absolute Gasteiger partial charge is 0.368 e. The molecule has 0 spiro atoms. The van der Waals surface area contributed by atoms with Crippen molar-refractivity contribution in [1.82, 2.24) is 14.9 Å². The van der Waals surface area contributed by atoms with Crippen molar-refractivity contribution < 1.29 is 4.79 Å². The molecule has 118 valence electrons. The molecule has 1 aliphatic rings. The minimum atomic E-state index is 0.0719. The average molecular weight is 316 g/mol. The highest BCUT2D eigenvalue weighted by molar-refractivity contribution is 5.98. The third-order valence-electron chi connectivity index (χ3n) is 4.17. The number of amides is 1. The molecule has 1 aliphatic heterocycles. The second kappa shape index (κ2) is 5.77. The summed E-state index contributed by atoms with van der Waals surface area (Å²) >= 11 is 0. The van der Waals surface area contributed by atoms with Crippen LogP contribution in [0.3, 0.4) is 0 Å². The Bertz CT molecular complexity index is 908. The summed E-state index contributed by atoms with van der Waals surface area (Å²) in [5.41, 5.74) is 10.3. The first-order valence-corrected chi connectivity index (χ1v) is 7.76. The molecule has 2 aromatic carbocycles. The monoisotopic (exact) mass is 316 g/mol. The number of nitrogens with two attached hydrogens (primary N) is 1. The first-order valence-electron chi connectivity index (χ1n) is 7.76. The summed E-state index contributed by atoms with van der Waals surface area (Å²) in [7, 11) is 0. The van der Waals surface area contributed by atoms with Crippen molar-refractivity contribution in [1.29, 1.82) is 0 Å². The summed E-state index contributed by atoms with van der Waals surface area (Å²) in [5.74, 6) is 0.317. The van der Waals surface area contributed by atoms with Gasteiger partial charge in [0, 0.05) is 30.4 Å². The Morgan fingerprint density at radius 3 is 2.71 bits per heavy atom. The first kappa shape index (κ1) is 14.4. The second-order valence-electron chi connectivity index (χ2n) is 5.82. The van der Waals surface area contributed by atoms with E-state index in [9.17, 15) is 4.79 Å². The Kier molecular flexibility index (Phi) is 3.46. The Morgan fingerprint density at radius 2 is 1.92 bits per heavy atom. The highest BCUT2D eigenvalue weighted by Gasteiger charge is 2.27. The van der Waals surface area contributed by atoms with Gasteiger partial charge in [0.1, 0.15) is 0 Å². The number of nitrogens with zero attached hydrogens (tertiary/aromatic N) is 3. The van der Waals surface area contributed by atoms with E-state index in [2.05, 4.69) is 9.97 Å². The van der Waals surface area contributed by atoms with E-state index in [1.807, 2.05) is 59.5 Å². The zero-order valence-electron chi connectivity index (χ0n) is 13.0. The number of hydrogen-bond donors (Lipinski definition) is 1. The van der Waals surface area contributed by atoms with E-state index < -0.39 is 0 Å². The van der Waals surface area contributed by atoms with Gasteiger partial charge in [-0.2, -0.15) is 0 Å². The number of aromatic nitrogens is 2. The first-order chi connectivity index (χ1) is 11.7. The van der Waals surface area contributed by atoms with Crippen molar-refractivity contribution in [3.05, 3.63) is 77.5 Å². The Hall–Kier alpha value is -3.21. The third kappa shape index (κ3) is 2.60. The summed E-state index contributed by atoms with van der Waals surface area (Å²) in [4.78, 5) is 22.6. The topological polar surface area (TPSA) is 72.1 Å². The predicted molar refractivity (Wildman–Crippen MR) is 91.9 cm³/mol. The minimum Gasteiger partial charge on any atom is -0.368 e. The Morgan fingerprint density at radius 1 is 1.08 bits per heavy atom. The van der Waals surface area contributed by atoms with Crippen LogP contribution in [0.5, 0.6) is 0 Å². The van der Waals surface area contributed by atoms with Crippen molar-refractivity contribution in [2.24, 2.45) is 0 Å². The van der Waals surface area contributed by atoms with Gasteiger partial charge in [0.15, 0.2) is 0 Å². The van der Waals surface area contributed by atoms with Gasteiger partial charge < -0.3 is 10.6 Å². The van der Waals surface area contributed by atoms with Crippen molar-refractivity contribution in [2.75, 3.05) is 5.73 Å². The van der Waals surface area contributed by atoms with Crippen LogP contribution in [0.25, 0.3) is 11.3 Å². The van der Waals surface area contributed by atoms with Crippen molar-refractivity contribution >= 4 is 11.9 Å². The lowest BCUT2D eigenvalue weighted by Gasteiger charge is -2.15. The molecule has 5 nitrogen and oxygen atoms in total. The fourth-order valence-corrected chi connectivity index (χ4v) is 3.01. The minimum absolute atomic E-state index is 0.0719. The van der Waals surface area contributed by atoms with Gasteiger partial charge >= 0.3 is 0 Å². The molecular formula is C19H16N4O. The molecule has 4 rings (SSSR count). The maximum atomic E-state index is 12.6. The number of benzene rings is 2. The van der Waals surface area contributed by atoms with Gasteiger partial charge in [0.25, 0.3) is 5.91 Å². The summed E-state index contributed by atoms with van der Waals surface area (Å²) in [5, 5.41) is 0. The van der Waals surface area contributed by atoms with E-state index in [4.69, 9.17) is 5.73 Å². The zero-order chi connectivity index (χ0) is 16.5.